The zero-order valence-corrected chi connectivity index (χ0v) is 14.3. The second-order valence-corrected chi connectivity index (χ2v) is 5.71. The van der Waals surface area contributed by atoms with Crippen LogP contribution in [0.5, 0.6) is 0 Å². The van der Waals surface area contributed by atoms with Crippen molar-refractivity contribution in [1.82, 2.24) is 5.32 Å². The third-order valence-electron chi connectivity index (χ3n) is 3.85. The van der Waals surface area contributed by atoms with Crippen LogP contribution in [0.2, 0.25) is 0 Å². The lowest BCUT2D eigenvalue weighted by molar-refractivity contribution is -0.147. The molecule has 0 aliphatic rings. The van der Waals surface area contributed by atoms with E-state index in [9.17, 15) is 9.59 Å². The molecule has 0 aliphatic carbocycles. The highest BCUT2D eigenvalue weighted by Gasteiger charge is 2.25. The molecule has 3 rings (SSSR count). The highest BCUT2D eigenvalue weighted by atomic mass is 16.5. The Kier molecular flexibility index (Phi) is 5.65. The van der Waals surface area contributed by atoms with Gasteiger partial charge >= 0.3 is 5.97 Å². The second kappa shape index (κ2) is 8.50. The average Bonchev–Trinajstić information content (AvgIpc) is 3.26. The first-order chi connectivity index (χ1) is 13.2. The van der Waals surface area contributed by atoms with E-state index in [0.29, 0.717) is 11.1 Å². The molecular formula is C21H16N2O4. The summed E-state index contributed by atoms with van der Waals surface area (Å²) in [4.78, 5) is 24.9. The van der Waals surface area contributed by atoms with Gasteiger partial charge in [0, 0.05) is 0 Å². The molecule has 1 atom stereocenters. The molecule has 0 saturated heterocycles. The zero-order valence-electron chi connectivity index (χ0n) is 14.3. The summed E-state index contributed by atoms with van der Waals surface area (Å²) in [5, 5.41) is 11.5. The smallest absolute Gasteiger partial charge is 0.333 e. The maximum atomic E-state index is 12.6. The number of amides is 1. The van der Waals surface area contributed by atoms with Crippen LogP contribution in [-0.2, 0) is 16.1 Å². The molecule has 0 saturated carbocycles. The summed E-state index contributed by atoms with van der Waals surface area (Å²) in [7, 11) is 0. The Labute approximate surface area is 156 Å². The van der Waals surface area contributed by atoms with Gasteiger partial charge in [0.1, 0.15) is 6.61 Å². The molecule has 0 radical (unpaired) electrons. The fraction of sp³-hybridized carbons (Fsp3) is 0.0952. The van der Waals surface area contributed by atoms with Crippen LogP contribution in [0.15, 0.2) is 77.4 Å². The Hall–Kier alpha value is -3.85. The highest BCUT2D eigenvalue weighted by molar-refractivity contribution is 5.94. The molecule has 6 nitrogen and oxygen atoms in total. The van der Waals surface area contributed by atoms with Crippen molar-refractivity contribution in [2.75, 3.05) is 0 Å². The van der Waals surface area contributed by atoms with Gasteiger partial charge in [-0.05, 0) is 35.4 Å². The normalized spacial score (nSPS) is 11.2. The molecule has 1 N–H and O–H groups in total. The van der Waals surface area contributed by atoms with Gasteiger partial charge in [0.2, 0.25) is 0 Å². The number of nitriles is 1. The fourth-order valence-electron chi connectivity index (χ4n) is 2.45. The van der Waals surface area contributed by atoms with Gasteiger partial charge in [-0.25, -0.2) is 4.79 Å². The molecule has 0 fully saturated rings. The third kappa shape index (κ3) is 4.61. The summed E-state index contributed by atoms with van der Waals surface area (Å²) < 4.78 is 10.4. The SMILES string of the molecule is N#Cc1ccc(COC(=O)C(NC(=O)c2ccco2)c2ccccc2)cc1. The lowest BCUT2D eigenvalue weighted by Crippen LogP contribution is -2.34. The Balaban J connectivity index is 1.72. The fourth-order valence-corrected chi connectivity index (χ4v) is 2.45. The van der Waals surface area contributed by atoms with Crippen molar-refractivity contribution in [2.24, 2.45) is 0 Å². The summed E-state index contributed by atoms with van der Waals surface area (Å²) in [6.45, 7) is 0.0322. The number of hydrogen-bond acceptors (Lipinski definition) is 5. The monoisotopic (exact) mass is 360 g/mol. The third-order valence-corrected chi connectivity index (χ3v) is 3.85. The summed E-state index contributed by atoms with van der Waals surface area (Å²) in [5.41, 5.74) is 1.87. The van der Waals surface area contributed by atoms with Crippen LogP contribution in [-0.4, -0.2) is 11.9 Å². The lowest BCUT2D eigenvalue weighted by atomic mass is 10.1. The highest BCUT2D eigenvalue weighted by Crippen LogP contribution is 2.17. The number of ether oxygens (including phenoxy) is 1. The van der Waals surface area contributed by atoms with Gasteiger partial charge in [0.15, 0.2) is 11.8 Å². The molecule has 2 aromatic carbocycles. The molecule has 1 aromatic heterocycles. The molecule has 0 bridgehead atoms. The van der Waals surface area contributed by atoms with Crippen LogP contribution in [0.25, 0.3) is 0 Å². The van der Waals surface area contributed by atoms with E-state index in [4.69, 9.17) is 14.4 Å². The summed E-state index contributed by atoms with van der Waals surface area (Å²) in [5.74, 6) is -0.995. The quantitative estimate of drug-likeness (QED) is 0.681. The van der Waals surface area contributed by atoms with Crippen LogP contribution in [0, 0.1) is 11.3 Å². The molecule has 1 heterocycles. The standard InChI is InChI=1S/C21H16N2O4/c22-13-15-8-10-16(11-9-15)14-27-21(25)19(17-5-2-1-3-6-17)23-20(24)18-7-4-12-26-18/h1-12,19H,14H2,(H,23,24). The van der Waals surface area contributed by atoms with E-state index in [2.05, 4.69) is 5.32 Å². The maximum absolute atomic E-state index is 12.6. The largest absolute Gasteiger partial charge is 0.459 e. The van der Waals surface area contributed by atoms with Gasteiger partial charge in [-0.3, -0.25) is 4.79 Å². The Morgan fingerprint density at radius 3 is 2.41 bits per heavy atom. The average molecular weight is 360 g/mol. The van der Waals surface area contributed by atoms with Gasteiger partial charge in [-0.2, -0.15) is 5.26 Å². The maximum Gasteiger partial charge on any atom is 0.333 e. The minimum atomic E-state index is -0.970. The van der Waals surface area contributed by atoms with Crippen molar-refractivity contribution >= 4 is 11.9 Å². The Bertz CT molecular complexity index is 942. The predicted molar refractivity (Wildman–Crippen MR) is 96.3 cm³/mol. The first kappa shape index (κ1) is 18.0. The van der Waals surface area contributed by atoms with Gasteiger partial charge in [-0.15, -0.1) is 0 Å². The van der Waals surface area contributed by atoms with E-state index >= 15 is 0 Å². The van der Waals surface area contributed by atoms with E-state index in [1.807, 2.05) is 12.1 Å². The molecular weight excluding hydrogens is 344 g/mol. The summed E-state index contributed by atoms with van der Waals surface area (Å²) in [6.07, 6.45) is 1.38. The van der Waals surface area contributed by atoms with Gasteiger partial charge in [0.05, 0.1) is 17.9 Å². The second-order valence-electron chi connectivity index (χ2n) is 5.71. The molecule has 1 amide bonds. The lowest BCUT2D eigenvalue weighted by Gasteiger charge is -2.17. The van der Waals surface area contributed by atoms with E-state index < -0.39 is 17.9 Å². The number of carbonyl (C=O) groups is 2. The van der Waals surface area contributed by atoms with Crippen molar-refractivity contribution in [3.63, 3.8) is 0 Å². The molecule has 1 unspecified atom stereocenters. The molecule has 27 heavy (non-hydrogen) atoms. The van der Waals surface area contributed by atoms with E-state index in [0.717, 1.165) is 5.56 Å². The molecule has 3 aromatic rings. The topological polar surface area (TPSA) is 92.3 Å². The first-order valence-corrected chi connectivity index (χ1v) is 8.22. The van der Waals surface area contributed by atoms with Crippen LogP contribution >= 0.6 is 0 Å². The van der Waals surface area contributed by atoms with Gasteiger partial charge < -0.3 is 14.5 Å². The number of nitrogens with zero attached hydrogens (tertiary/aromatic N) is 1. The number of furan rings is 1. The molecule has 134 valence electrons. The first-order valence-electron chi connectivity index (χ1n) is 8.22. The molecule has 0 spiro atoms. The van der Waals surface area contributed by atoms with Crippen LogP contribution in [0.1, 0.15) is 33.3 Å². The predicted octanol–water partition coefficient (Wildman–Crippen LogP) is 3.37. The number of rotatable bonds is 6. The summed E-state index contributed by atoms with van der Waals surface area (Å²) >= 11 is 0. The van der Waals surface area contributed by atoms with Crippen LogP contribution < -0.4 is 5.32 Å². The Morgan fingerprint density at radius 2 is 1.78 bits per heavy atom. The number of esters is 1. The van der Waals surface area contributed by atoms with Crippen molar-refractivity contribution in [3.05, 3.63) is 95.4 Å². The van der Waals surface area contributed by atoms with E-state index in [1.165, 1.54) is 12.3 Å². The van der Waals surface area contributed by atoms with Crippen molar-refractivity contribution in [1.29, 1.82) is 5.26 Å². The number of carbonyl (C=O) groups excluding carboxylic acids is 2. The number of benzene rings is 2. The van der Waals surface area contributed by atoms with Gasteiger partial charge in [0.25, 0.3) is 5.91 Å². The van der Waals surface area contributed by atoms with Crippen molar-refractivity contribution in [3.8, 4) is 6.07 Å². The minimum Gasteiger partial charge on any atom is -0.459 e. The van der Waals surface area contributed by atoms with Crippen LogP contribution in [0.3, 0.4) is 0 Å². The number of hydrogen-bond donors (Lipinski definition) is 1. The van der Waals surface area contributed by atoms with Crippen molar-refractivity contribution < 1.29 is 18.7 Å². The number of nitrogens with one attached hydrogen (secondary N) is 1. The molecule has 0 aliphatic heterocycles. The van der Waals surface area contributed by atoms with Crippen LogP contribution in [0.4, 0.5) is 0 Å². The zero-order chi connectivity index (χ0) is 19.1. The molecule has 6 heteroatoms. The van der Waals surface area contributed by atoms with E-state index in [1.54, 1.807) is 54.6 Å². The Morgan fingerprint density at radius 1 is 1.04 bits per heavy atom. The van der Waals surface area contributed by atoms with Crippen molar-refractivity contribution in [2.45, 2.75) is 12.6 Å². The van der Waals surface area contributed by atoms with E-state index in [-0.39, 0.29) is 12.4 Å². The summed E-state index contributed by atoms with van der Waals surface area (Å²) in [6, 6.07) is 19.7. The minimum absolute atomic E-state index is 0.0322. The van der Waals surface area contributed by atoms with Gasteiger partial charge in [-0.1, -0.05) is 42.5 Å².